The Hall–Kier alpha value is -1.64. The minimum absolute atomic E-state index is 0.379. The van der Waals surface area contributed by atoms with Gasteiger partial charge in [-0.3, -0.25) is 0 Å². The second kappa shape index (κ2) is 6.00. The summed E-state index contributed by atoms with van der Waals surface area (Å²) in [6, 6.07) is 21.5. The second-order valence-electron chi connectivity index (χ2n) is 5.03. The first-order valence-corrected chi connectivity index (χ1v) is 6.84. The van der Waals surface area contributed by atoms with Gasteiger partial charge in [0, 0.05) is 12.6 Å². The molecule has 0 unspecified atom stereocenters. The number of ether oxygens (including phenoxy) is 1. The molecule has 2 aromatic rings. The van der Waals surface area contributed by atoms with E-state index in [1.54, 1.807) is 0 Å². The number of rotatable bonds is 6. The van der Waals surface area contributed by atoms with Crippen molar-refractivity contribution >= 4 is 0 Å². The van der Waals surface area contributed by atoms with Gasteiger partial charge in [0.15, 0.2) is 0 Å². The standard InChI is InChI=1S/C17H19NO/c1-3-7-14(8-4-1)11-16(17-13-19-17)18-12-15-9-5-2-6-10-15/h1-10,16-18H,11-13H2/t16-,17+/m0/s1. The van der Waals surface area contributed by atoms with Crippen LogP contribution in [0.25, 0.3) is 0 Å². The van der Waals surface area contributed by atoms with Crippen molar-refractivity contribution in [3.05, 3.63) is 71.8 Å². The highest BCUT2D eigenvalue weighted by Gasteiger charge is 2.32. The predicted molar refractivity (Wildman–Crippen MR) is 77.0 cm³/mol. The molecule has 2 nitrogen and oxygen atoms in total. The fraction of sp³-hybridized carbons (Fsp3) is 0.294. The van der Waals surface area contributed by atoms with Crippen LogP contribution in [-0.2, 0) is 17.7 Å². The van der Waals surface area contributed by atoms with Crippen LogP contribution in [0.3, 0.4) is 0 Å². The first-order chi connectivity index (χ1) is 9.42. The Morgan fingerprint density at radius 2 is 1.53 bits per heavy atom. The quantitative estimate of drug-likeness (QED) is 0.801. The van der Waals surface area contributed by atoms with E-state index >= 15 is 0 Å². The molecule has 19 heavy (non-hydrogen) atoms. The zero-order chi connectivity index (χ0) is 12.9. The third kappa shape index (κ3) is 3.66. The summed E-state index contributed by atoms with van der Waals surface area (Å²) in [6.45, 7) is 1.79. The molecular weight excluding hydrogens is 234 g/mol. The number of benzene rings is 2. The molecule has 1 aliphatic heterocycles. The Labute approximate surface area is 114 Å². The molecule has 0 aliphatic carbocycles. The molecule has 2 aromatic carbocycles. The fourth-order valence-electron chi connectivity index (χ4n) is 2.34. The van der Waals surface area contributed by atoms with E-state index < -0.39 is 0 Å². The maximum absolute atomic E-state index is 5.47. The van der Waals surface area contributed by atoms with Gasteiger partial charge in [-0.1, -0.05) is 60.7 Å². The summed E-state index contributed by atoms with van der Waals surface area (Å²) >= 11 is 0. The molecule has 0 radical (unpaired) electrons. The van der Waals surface area contributed by atoms with Crippen molar-refractivity contribution in [3.63, 3.8) is 0 Å². The van der Waals surface area contributed by atoms with Gasteiger partial charge < -0.3 is 10.1 Å². The highest BCUT2D eigenvalue weighted by Crippen LogP contribution is 2.18. The normalized spacial score (nSPS) is 19.1. The lowest BCUT2D eigenvalue weighted by Crippen LogP contribution is -2.35. The van der Waals surface area contributed by atoms with Gasteiger partial charge in [0.2, 0.25) is 0 Å². The molecule has 0 amide bonds. The van der Waals surface area contributed by atoms with Crippen molar-refractivity contribution in [2.24, 2.45) is 0 Å². The summed E-state index contributed by atoms with van der Waals surface area (Å²) < 4.78 is 5.47. The van der Waals surface area contributed by atoms with Gasteiger partial charge in [-0.2, -0.15) is 0 Å². The van der Waals surface area contributed by atoms with Gasteiger partial charge in [0.1, 0.15) is 0 Å². The van der Waals surface area contributed by atoms with Crippen LogP contribution in [0.15, 0.2) is 60.7 Å². The van der Waals surface area contributed by atoms with E-state index in [0.29, 0.717) is 12.1 Å². The molecular formula is C17H19NO. The monoisotopic (exact) mass is 253 g/mol. The van der Waals surface area contributed by atoms with E-state index in [2.05, 4.69) is 66.0 Å². The summed E-state index contributed by atoms with van der Waals surface area (Å²) in [6.07, 6.45) is 1.40. The maximum atomic E-state index is 5.47. The largest absolute Gasteiger partial charge is 0.371 e. The second-order valence-corrected chi connectivity index (χ2v) is 5.03. The zero-order valence-electron chi connectivity index (χ0n) is 11.0. The topological polar surface area (TPSA) is 24.6 Å². The van der Waals surface area contributed by atoms with Crippen LogP contribution in [0.5, 0.6) is 0 Å². The molecule has 0 spiro atoms. The zero-order valence-corrected chi connectivity index (χ0v) is 11.0. The SMILES string of the molecule is c1ccc(CN[C@@H](Cc2ccccc2)[C@H]2CO2)cc1. The summed E-state index contributed by atoms with van der Waals surface area (Å²) in [5.74, 6) is 0. The van der Waals surface area contributed by atoms with Crippen LogP contribution in [0.4, 0.5) is 0 Å². The Morgan fingerprint density at radius 1 is 0.947 bits per heavy atom. The van der Waals surface area contributed by atoms with E-state index in [1.807, 2.05) is 0 Å². The summed E-state index contributed by atoms with van der Waals surface area (Å²) in [5.41, 5.74) is 2.68. The fourth-order valence-corrected chi connectivity index (χ4v) is 2.34. The Kier molecular flexibility index (Phi) is 3.92. The predicted octanol–water partition coefficient (Wildman–Crippen LogP) is 2.79. The lowest BCUT2D eigenvalue weighted by Gasteiger charge is -2.17. The molecule has 0 bridgehead atoms. The van der Waals surface area contributed by atoms with Crippen molar-refractivity contribution in [3.8, 4) is 0 Å². The molecule has 2 atom stereocenters. The average molecular weight is 253 g/mol. The molecule has 1 heterocycles. The lowest BCUT2D eigenvalue weighted by atomic mass is 10.0. The van der Waals surface area contributed by atoms with Crippen molar-refractivity contribution in [2.45, 2.75) is 25.1 Å². The lowest BCUT2D eigenvalue weighted by molar-refractivity contribution is 0.337. The molecule has 98 valence electrons. The molecule has 2 heteroatoms. The number of epoxide rings is 1. The van der Waals surface area contributed by atoms with Crippen molar-refractivity contribution in [1.82, 2.24) is 5.32 Å². The highest BCUT2D eigenvalue weighted by molar-refractivity contribution is 5.18. The summed E-state index contributed by atoms with van der Waals surface area (Å²) in [4.78, 5) is 0. The first-order valence-electron chi connectivity index (χ1n) is 6.84. The summed E-state index contributed by atoms with van der Waals surface area (Å²) in [7, 11) is 0. The van der Waals surface area contributed by atoms with E-state index in [1.165, 1.54) is 11.1 Å². The molecule has 1 N–H and O–H groups in total. The van der Waals surface area contributed by atoms with E-state index in [9.17, 15) is 0 Å². The molecule has 1 saturated heterocycles. The molecule has 0 aromatic heterocycles. The van der Waals surface area contributed by atoms with Gasteiger partial charge in [0.25, 0.3) is 0 Å². The number of hydrogen-bond acceptors (Lipinski definition) is 2. The van der Waals surface area contributed by atoms with Crippen LogP contribution in [-0.4, -0.2) is 18.8 Å². The van der Waals surface area contributed by atoms with Gasteiger partial charge >= 0.3 is 0 Å². The van der Waals surface area contributed by atoms with E-state index in [0.717, 1.165) is 19.6 Å². The third-order valence-corrected chi connectivity index (χ3v) is 3.52. The molecule has 1 aliphatic rings. The first kappa shape index (κ1) is 12.4. The van der Waals surface area contributed by atoms with Crippen molar-refractivity contribution in [2.75, 3.05) is 6.61 Å². The summed E-state index contributed by atoms with van der Waals surface area (Å²) in [5, 5.41) is 3.62. The maximum Gasteiger partial charge on any atom is 0.0965 e. The highest BCUT2D eigenvalue weighted by atomic mass is 16.6. The Balaban J connectivity index is 1.59. The minimum atomic E-state index is 0.379. The van der Waals surface area contributed by atoms with Crippen molar-refractivity contribution in [1.29, 1.82) is 0 Å². The third-order valence-electron chi connectivity index (χ3n) is 3.52. The van der Waals surface area contributed by atoms with Crippen molar-refractivity contribution < 1.29 is 4.74 Å². The smallest absolute Gasteiger partial charge is 0.0965 e. The molecule has 3 rings (SSSR count). The Bertz CT molecular complexity index is 493. The molecule has 0 saturated carbocycles. The minimum Gasteiger partial charge on any atom is -0.371 e. The average Bonchev–Trinajstić information content (AvgIpc) is 3.30. The van der Waals surface area contributed by atoms with Gasteiger partial charge in [0.05, 0.1) is 12.7 Å². The van der Waals surface area contributed by atoms with E-state index in [4.69, 9.17) is 4.74 Å². The van der Waals surface area contributed by atoms with Crippen LogP contribution in [0, 0.1) is 0 Å². The molecule has 1 fully saturated rings. The van der Waals surface area contributed by atoms with Gasteiger partial charge in [-0.25, -0.2) is 0 Å². The number of nitrogens with one attached hydrogen (secondary N) is 1. The van der Waals surface area contributed by atoms with E-state index in [-0.39, 0.29) is 0 Å². The van der Waals surface area contributed by atoms with Crippen LogP contribution >= 0.6 is 0 Å². The van der Waals surface area contributed by atoms with Crippen LogP contribution in [0.2, 0.25) is 0 Å². The van der Waals surface area contributed by atoms with Crippen LogP contribution < -0.4 is 5.32 Å². The number of hydrogen-bond donors (Lipinski definition) is 1. The van der Waals surface area contributed by atoms with Gasteiger partial charge in [-0.05, 0) is 17.5 Å². The Morgan fingerprint density at radius 3 is 2.11 bits per heavy atom. The van der Waals surface area contributed by atoms with Crippen LogP contribution in [0.1, 0.15) is 11.1 Å². The van der Waals surface area contributed by atoms with Gasteiger partial charge in [-0.15, -0.1) is 0 Å².